The second-order valence-corrected chi connectivity index (χ2v) is 7.33. The molecule has 1 unspecified atom stereocenters. The Morgan fingerprint density at radius 1 is 1.04 bits per heavy atom. The average Bonchev–Trinajstić information content (AvgIpc) is 2.62. The van der Waals surface area contributed by atoms with Crippen LogP contribution in [0, 0.1) is 0 Å². The normalized spacial score (nSPS) is 13.6. The first kappa shape index (κ1) is 20.9. The number of carbonyl (C=O) groups is 1. The molecule has 0 bridgehead atoms. The largest absolute Gasteiger partial charge is 0.460 e. The van der Waals surface area contributed by atoms with Gasteiger partial charge in [0.15, 0.2) is 0 Å². The van der Waals surface area contributed by atoms with Gasteiger partial charge in [0.1, 0.15) is 18.4 Å². The Morgan fingerprint density at radius 3 is 2.12 bits per heavy atom. The van der Waals surface area contributed by atoms with Crippen LogP contribution in [0.5, 0.6) is 5.75 Å². The van der Waals surface area contributed by atoms with E-state index < -0.39 is 19.5 Å². The summed E-state index contributed by atoms with van der Waals surface area (Å²) in [7, 11) is -3.17. The van der Waals surface area contributed by atoms with Crippen molar-refractivity contribution in [1.29, 1.82) is 0 Å². The zero-order valence-corrected chi connectivity index (χ0v) is 16.0. The van der Waals surface area contributed by atoms with Gasteiger partial charge in [-0.3, -0.25) is 9.36 Å². The maximum atomic E-state index is 12.4. The van der Waals surface area contributed by atoms with Crippen molar-refractivity contribution in [2.45, 2.75) is 33.4 Å². The van der Waals surface area contributed by atoms with E-state index >= 15 is 0 Å². The second-order valence-electron chi connectivity index (χ2n) is 5.19. The fourth-order valence-electron chi connectivity index (χ4n) is 1.97. The third-order valence-electron chi connectivity index (χ3n) is 3.03. The molecule has 2 aromatic carbocycles. The van der Waals surface area contributed by atoms with Crippen molar-refractivity contribution in [3.05, 3.63) is 66.2 Å². The monoisotopic (exact) mass is 363 g/mol. The number of hydrogen-bond acceptors (Lipinski definition) is 4. The van der Waals surface area contributed by atoms with Crippen molar-refractivity contribution >= 4 is 13.5 Å². The number of benzene rings is 2. The standard InChI is InChI=1S/C17H20NO4P.C2H6/c1-14(17(19)21-13-15-9-5-3-6-10-15)18-23(2,20)22-16-11-7-4-8-12-16;1-2/h3-12,14H,13H2,1-2H3,(H,18,20);1-2H3/t14-,23?;/m0./s1. The van der Waals surface area contributed by atoms with Gasteiger partial charge in [0.25, 0.3) is 0 Å². The molecule has 0 aromatic heterocycles. The first-order valence-electron chi connectivity index (χ1n) is 8.27. The van der Waals surface area contributed by atoms with Gasteiger partial charge in [-0.05, 0) is 24.6 Å². The lowest BCUT2D eigenvalue weighted by Gasteiger charge is -2.20. The number of rotatable bonds is 7. The van der Waals surface area contributed by atoms with E-state index in [9.17, 15) is 9.36 Å². The molecule has 0 aliphatic carbocycles. The van der Waals surface area contributed by atoms with Crippen molar-refractivity contribution in [2.75, 3.05) is 6.66 Å². The first-order valence-corrected chi connectivity index (χ1v) is 10.3. The van der Waals surface area contributed by atoms with Crippen LogP contribution in [-0.2, 0) is 20.7 Å². The van der Waals surface area contributed by atoms with Gasteiger partial charge in [-0.2, -0.15) is 0 Å². The van der Waals surface area contributed by atoms with E-state index in [1.807, 2.05) is 50.2 Å². The average molecular weight is 363 g/mol. The van der Waals surface area contributed by atoms with Crippen LogP contribution in [0.4, 0.5) is 0 Å². The molecule has 5 nitrogen and oxygen atoms in total. The van der Waals surface area contributed by atoms with E-state index in [1.165, 1.54) is 6.66 Å². The number of esters is 1. The molecule has 2 atom stereocenters. The summed E-state index contributed by atoms with van der Waals surface area (Å²) in [6.07, 6.45) is 0. The first-order chi connectivity index (χ1) is 12.0. The predicted molar refractivity (Wildman–Crippen MR) is 101 cm³/mol. The molecule has 6 heteroatoms. The molecule has 0 fully saturated rings. The molecule has 2 rings (SSSR count). The Morgan fingerprint density at radius 2 is 1.56 bits per heavy atom. The number of para-hydroxylation sites is 1. The van der Waals surface area contributed by atoms with Crippen molar-refractivity contribution in [3.8, 4) is 5.75 Å². The Bertz CT molecular complexity index is 676. The van der Waals surface area contributed by atoms with Crippen LogP contribution in [-0.4, -0.2) is 18.7 Å². The Labute approximate surface area is 149 Å². The van der Waals surface area contributed by atoms with Crippen LogP contribution < -0.4 is 9.61 Å². The Hall–Kier alpha value is -2.10. The maximum Gasteiger partial charge on any atom is 0.323 e. The molecule has 0 heterocycles. The molecule has 0 amide bonds. The number of carbonyl (C=O) groups excluding carboxylic acids is 1. The summed E-state index contributed by atoms with van der Waals surface area (Å²) in [5.74, 6) is 0.00303. The van der Waals surface area contributed by atoms with Gasteiger partial charge in [0.05, 0.1) is 0 Å². The van der Waals surface area contributed by atoms with Crippen molar-refractivity contribution < 1.29 is 18.6 Å². The highest BCUT2D eigenvalue weighted by Gasteiger charge is 2.25. The van der Waals surface area contributed by atoms with E-state index in [0.717, 1.165) is 5.56 Å². The summed E-state index contributed by atoms with van der Waals surface area (Å²) < 4.78 is 23.1. The van der Waals surface area contributed by atoms with Gasteiger partial charge in [0, 0.05) is 6.66 Å². The van der Waals surface area contributed by atoms with Crippen molar-refractivity contribution in [3.63, 3.8) is 0 Å². The second kappa shape index (κ2) is 10.7. The molecule has 2 aromatic rings. The van der Waals surface area contributed by atoms with Crippen molar-refractivity contribution in [1.82, 2.24) is 5.09 Å². The fourth-order valence-corrected chi connectivity index (χ4v) is 3.35. The van der Waals surface area contributed by atoms with Crippen LogP contribution in [0.3, 0.4) is 0 Å². The lowest BCUT2D eigenvalue weighted by atomic mass is 10.2. The highest BCUT2D eigenvalue weighted by Crippen LogP contribution is 2.39. The summed E-state index contributed by atoms with van der Waals surface area (Å²) in [4.78, 5) is 12.0. The van der Waals surface area contributed by atoms with Crippen LogP contribution in [0.25, 0.3) is 0 Å². The minimum atomic E-state index is -3.17. The van der Waals surface area contributed by atoms with E-state index in [4.69, 9.17) is 9.26 Å². The third-order valence-corrected chi connectivity index (χ3v) is 4.44. The predicted octanol–water partition coefficient (Wildman–Crippen LogP) is 4.64. The molecule has 0 aliphatic rings. The summed E-state index contributed by atoms with van der Waals surface area (Å²) in [6.45, 7) is 7.21. The SMILES string of the molecule is CC.C[C@H](NP(C)(=O)Oc1ccccc1)C(=O)OCc1ccccc1. The minimum Gasteiger partial charge on any atom is -0.460 e. The zero-order valence-electron chi connectivity index (χ0n) is 15.1. The van der Waals surface area contributed by atoms with Crippen molar-refractivity contribution in [2.24, 2.45) is 0 Å². The van der Waals surface area contributed by atoms with Gasteiger partial charge >= 0.3 is 13.5 Å². The van der Waals surface area contributed by atoms with Crippen LogP contribution >= 0.6 is 7.52 Å². The molecular weight excluding hydrogens is 337 g/mol. The maximum absolute atomic E-state index is 12.4. The summed E-state index contributed by atoms with van der Waals surface area (Å²) >= 11 is 0. The molecular formula is C19H26NO4P. The topological polar surface area (TPSA) is 64.6 Å². The molecule has 0 spiro atoms. The minimum absolute atomic E-state index is 0.180. The zero-order chi connectivity index (χ0) is 18.7. The summed E-state index contributed by atoms with van der Waals surface area (Å²) in [5.41, 5.74) is 0.897. The van der Waals surface area contributed by atoms with Gasteiger partial charge in [-0.25, -0.2) is 5.09 Å². The lowest BCUT2D eigenvalue weighted by Crippen LogP contribution is -2.34. The lowest BCUT2D eigenvalue weighted by molar-refractivity contribution is -0.146. The number of nitrogens with one attached hydrogen (secondary N) is 1. The Kier molecular flexibility index (Phi) is 8.96. The fraction of sp³-hybridized carbons (Fsp3) is 0.316. The molecule has 0 aliphatic heterocycles. The van der Waals surface area contributed by atoms with Crippen LogP contribution in [0.1, 0.15) is 26.3 Å². The van der Waals surface area contributed by atoms with E-state index in [-0.39, 0.29) is 6.61 Å². The number of ether oxygens (including phenoxy) is 1. The molecule has 136 valence electrons. The molecule has 1 N–H and O–H groups in total. The van der Waals surface area contributed by atoms with E-state index in [2.05, 4.69) is 5.09 Å². The molecule has 0 radical (unpaired) electrons. The number of hydrogen-bond donors (Lipinski definition) is 1. The van der Waals surface area contributed by atoms with Gasteiger partial charge in [0.2, 0.25) is 0 Å². The molecule has 25 heavy (non-hydrogen) atoms. The molecule has 0 saturated heterocycles. The third kappa shape index (κ3) is 8.01. The van der Waals surface area contributed by atoms with Crippen LogP contribution in [0.2, 0.25) is 0 Å². The van der Waals surface area contributed by atoms with Crippen LogP contribution in [0.15, 0.2) is 60.7 Å². The highest BCUT2D eigenvalue weighted by atomic mass is 31.2. The van der Waals surface area contributed by atoms with E-state index in [0.29, 0.717) is 5.75 Å². The highest BCUT2D eigenvalue weighted by molar-refractivity contribution is 7.56. The summed E-state index contributed by atoms with van der Waals surface area (Å²) in [6, 6.07) is 17.5. The molecule has 0 saturated carbocycles. The van der Waals surface area contributed by atoms with Gasteiger partial charge in [-0.15, -0.1) is 0 Å². The smallest absolute Gasteiger partial charge is 0.323 e. The Balaban J connectivity index is 0.00000151. The summed E-state index contributed by atoms with van der Waals surface area (Å²) in [5, 5.41) is 2.70. The van der Waals surface area contributed by atoms with Gasteiger partial charge in [-0.1, -0.05) is 62.4 Å². The van der Waals surface area contributed by atoms with E-state index in [1.54, 1.807) is 31.2 Å². The van der Waals surface area contributed by atoms with Gasteiger partial charge < -0.3 is 9.26 Å². The quantitative estimate of drug-likeness (QED) is 0.574.